The number of nitrogens with one attached hydrogen (secondary N) is 1. The summed E-state index contributed by atoms with van der Waals surface area (Å²) in [6.07, 6.45) is -7.33. The van der Waals surface area contributed by atoms with E-state index in [2.05, 4.69) is 25.3 Å². The number of aliphatic carboxylic acids is 2. The van der Waals surface area contributed by atoms with Crippen molar-refractivity contribution >= 4 is 17.8 Å². The minimum atomic E-state index is -5.08. The third-order valence-electron chi connectivity index (χ3n) is 5.87. The monoisotopic (exact) mass is 670 g/mol. The average Bonchev–Trinajstić information content (AvgIpc) is 3.35. The highest BCUT2D eigenvalue weighted by atomic mass is 19.4. The van der Waals surface area contributed by atoms with Crippen LogP contribution in [0.15, 0.2) is 53.4 Å². The quantitative estimate of drug-likeness (QED) is 0.283. The van der Waals surface area contributed by atoms with Gasteiger partial charge in [0.1, 0.15) is 18.0 Å². The summed E-state index contributed by atoms with van der Waals surface area (Å²) in [5.74, 6) is -4.19. The van der Waals surface area contributed by atoms with Crippen LogP contribution in [0.4, 0.5) is 40.9 Å². The number of nitrogens with two attached hydrogens (primary N) is 1. The molecule has 1 fully saturated rings. The van der Waals surface area contributed by atoms with Gasteiger partial charge in [0, 0.05) is 61.8 Å². The first-order valence-electron chi connectivity index (χ1n) is 12.7. The van der Waals surface area contributed by atoms with E-state index < -0.39 is 36.1 Å². The van der Waals surface area contributed by atoms with E-state index in [1.54, 1.807) is 6.20 Å². The Bertz CT molecular complexity index is 1550. The average molecular weight is 671 g/mol. The number of rotatable bonds is 6. The largest absolute Gasteiger partial charge is 0.490 e. The first-order chi connectivity index (χ1) is 21.4. The van der Waals surface area contributed by atoms with Gasteiger partial charge < -0.3 is 26.2 Å². The molecular weight excluding hydrogens is 644 g/mol. The molecule has 1 aliphatic rings. The van der Waals surface area contributed by atoms with E-state index in [0.717, 1.165) is 53.4 Å². The molecule has 1 saturated heterocycles. The van der Waals surface area contributed by atoms with Crippen LogP contribution in [-0.4, -0.2) is 91.5 Å². The lowest BCUT2D eigenvalue weighted by molar-refractivity contribution is -0.193. The normalized spacial score (nSPS) is 13.1. The van der Waals surface area contributed by atoms with Crippen LogP contribution < -0.4 is 21.6 Å². The zero-order chi connectivity index (χ0) is 34.8. The van der Waals surface area contributed by atoms with Gasteiger partial charge in [-0.05, 0) is 30.7 Å². The first-order valence-corrected chi connectivity index (χ1v) is 12.7. The van der Waals surface area contributed by atoms with Gasteiger partial charge in [-0.2, -0.15) is 40.2 Å². The molecule has 5 N–H and O–H groups in total. The minimum absolute atomic E-state index is 0.339. The zero-order valence-corrected chi connectivity index (χ0v) is 23.6. The molecule has 252 valence electrons. The Morgan fingerprint density at radius 2 is 1.50 bits per heavy atom. The number of alkyl halides is 6. The summed E-state index contributed by atoms with van der Waals surface area (Å²) < 4.78 is 91.4. The van der Waals surface area contributed by atoms with Crippen LogP contribution in [0.1, 0.15) is 5.56 Å². The molecule has 0 atom stereocenters. The van der Waals surface area contributed by atoms with Gasteiger partial charge in [0.2, 0.25) is 0 Å². The SMILES string of the molecule is Cc1cc(-c2ccc(N3CCNCC3)nc2)cnc1-n1cnn(CC(CN)=C(F)F)c1=O.O=C(O)C(F)(F)F.O=C(O)C(F)(F)F. The number of aryl methyl sites for hydroxylation is 1. The van der Waals surface area contributed by atoms with Crippen molar-refractivity contribution in [2.24, 2.45) is 5.73 Å². The molecule has 21 heteroatoms. The Morgan fingerprint density at radius 1 is 0.957 bits per heavy atom. The molecule has 0 aliphatic carbocycles. The van der Waals surface area contributed by atoms with Crippen molar-refractivity contribution in [3.63, 3.8) is 0 Å². The molecule has 3 aromatic heterocycles. The summed E-state index contributed by atoms with van der Waals surface area (Å²) in [6.45, 7) is 4.83. The molecule has 0 spiro atoms. The smallest absolute Gasteiger partial charge is 0.475 e. The van der Waals surface area contributed by atoms with Crippen LogP contribution in [0.2, 0.25) is 0 Å². The second-order valence-electron chi connectivity index (χ2n) is 9.12. The van der Waals surface area contributed by atoms with Crippen molar-refractivity contribution in [2.45, 2.75) is 25.8 Å². The Labute approximate surface area is 253 Å². The summed E-state index contributed by atoms with van der Waals surface area (Å²) in [5.41, 5.74) is 6.93. The lowest BCUT2D eigenvalue weighted by Gasteiger charge is -2.28. The van der Waals surface area contributed by atoms with E-state index in [9.17, 15) is 39.9 Å². The van der Waals surface area contributed by atoms with E-state index in [-0.39, 0.29) is 18.7 Å². The molecule has 3 aromatic rings. The number of aromatic nitrogens is 5. The number of carbonyl (C=O) groups is 2. The number of nitrogens with zero attached hydrogens (tertiary/aromatic N) is 6. The van der Waals surface area contributed by atoms with Crippen molar-refractivity contribution in [3.05, 3.63) is 64.6 Å². The van der Waals surface area contributed by atoms with Crippen LogP contribution in [0.5, 0.6) is 0 Å². The molecule has 0 saturated carbocycles. The molecule has 0 bridgehead atoms. The number of hydrogen-bond donors (Lipinski definition) is 4. The van der Waals surface area contributed by atoms with Crippen LogP contribution in [0.3, 0.4) is 0 Å². The summed E-state index contributed by atoms with van der Waals surface area (Å²) in [7, 11) is 0. The van der Waals surface area contributed by atoms with E-state index in [1.807, 2.05) is 31.3 Å². The number of hydrogen-bond acceptors (Lipinski definition) is 9. The maximum atomic E-state index is 12.9. The van der Waals surface area contributed by atoms with Gasteiger partial charge in [-0.15, -0.1) is 0 Å². The van der Waals surface area contributed by atoms with E-state index in [4.69, 9.17) is 25.5 Å². The fourth-order valence-corrected chi connectivity index (χ4v) is 3.59. The molecule has 0 radical (unpaired) electrons. The van der Waals surface area contributed by atoms with Gasteiger partial charge in [-0.25, -0.2) is 33.6 Å². The Balaban J connectivity index is 0.000000440. The van der Waals surface area contributed by atoms with Gasteiger partial charge in [0.15, 0.2) is 0 Å². The molecule has 4 heterocycles. The van der Waals surface area contributed by atoms with Gasteiger partial charge in [0.05, 0.1) is 6.54 Å². The molecule has 4 rings (SSSR count). The molecule has 46 heavy (non-hydrogen) atoms. The summed E-state index contributed by atoms with van der Waals surface area (Å²) in [6, 6.07) is 5.89. The second kappa shape index (κ2) is 15.9. The maximum absolute atomic E-state index is 12.9. The number of anilines is 1. The van der Waals surface area contributed by atoms with E-state index in [0.29, 0.717) is 5.82 Å². The molecule has 0 amide bonds. The van der Waals surface area contributed by atoms with Gasteiger partial charge in [0.25, 0.3) is 6.08 Å². The Hall–Kier alpha value is -4.92. The van der Waals surface area contributed by atoms with Gasteiger partial charge in [-0.1, -0.05) is 0 Å². The third-order valence-corrected chi connectivity index (χ3v) is 5.87. The zero-order valence-electron chi connectivity index (χ0n) is 23.6. The van der Waals surface area contributed by atoms with Crippen LogP contribution in [0.25, 0.3) is 16.9 Å². The highest BCUT2D eigenvalue weighted by Gasteiger charge is 2.38. The lowest BCUT2D eigenvalue weighted by atomic mass is 10.1. The molecule has 13 nitrogen and oxygen atoms in total. The van der Waals surface area contributed by atoms with Crippen molar-refractivity contribution in [1.82, 2.24) is 29.6 Å². The fraction of sp³-hybridized carbons (Fsp3) is 0.360. The highest BCUT2D eigenvalue weighted by Crippen LogP contribution is 2.23. The van der Waals surface area contributed by atoms with Crippen LogP contribution in [-0.2, 0) is 16.1 Å². The molecule has 1 aliphatic heterocycles. The number of carboxylic acids is 2. The predicted molar refractivity (Wildman–Crippen MR) is 144 cm³/mol. The molecule has 0 unspecified atom stereocenters. The maximum Gasteiger partial charge on any atom is 0.490 e. The Kier molecular flexibility index (Phi) is 12.9. The lowest BCUT2D eigenvalue weighted by Crippen LogP contribution is -2.43. The fourth-order valence-electron chi connectivity index (χ4n) is 3.59. The Morgan fingerprint density at radius 3 is 1.93 bits per heavy atom. The van der Waals surface area contributed by atoms with Crippen molar-refractivity contribution < 1.29 is 54.9 Å². The predicted octanol–water partition coefficient (Wildman–Crippen LogP) is 2.58. The van der Waals surface area contributed by atoms with Gasteiger partial charge >= 0.3 is 30.0 Å². The number of halogens is 8. The summed E-state index contributed by atoms with van der Waals surface area (Å²) in [4.78, 5) is 41.7. The number of carboxylic acid groups (broad SMARTS) is 2. The third kappa shape index (κ3) is 10.6. The summed E-state index contributed by atoms with van der Waals surface area (Å²) in [5, 5.41) is 21.5. The second-order valence-corrected chi connectivity index (χ2v) is 9.12. The topological polar surface area (TPSA) is 181 Å². The minimum Gasteiger partial charge on any atom is -0.475 e. The number of piperazine rings is 1. The van der Waals surface area contributed by atoms with Crippen LogP contribution >= 0.6 is 0 Å². The standard InChI is InChI=1S/C21H24F2N8O.2C2HF3O2/c1-14-8-16(15-2-3-18(26-10-15)29-6-4-25-5-7-29)11-27-20(14)30-13-28-31(21(30)32)12-17(9-24)19(22)23;2*3-2(4,5)1(6)7/h2-3,8,10-11,13,25H,4-7,9,12,24H2,1H3;2*(H,6,7). The van der Waals surface area contributed by atoms with E-state index >= 15 is 0 Å². The van der Waals surface area contributed by atoms with E-state index in [1.165, 1.54) is 10.9 Å². The van der Waals surface area contributed by atoms with Gasteiger partial charge in [-0.3, -0.25) is 0 Å². The highest BCUT2D eigenvalue weighted by molar-refractivity contribution is 5.73. The van der Waals surface area contributed by atoms with Crippen molar-refractivity contribution in [2.75, 3.05) is 37.6 Å². The summed E-state index contributed by atoms with van der Waals surface area (Å²) >= 11 is 0. The van der Waals surface area contributed by atoms with Crippen LogP contribution in [0, 0.1) is 6.92 Å². The van der Waals surface area contributed by atoms with Crippen molar-refractivity contribution in [3.8, 4) is 16.9 Å². The molecular formula is C25H26F8N8O5. The molecule has 0 aromatic carbocycles. The van der Waals surface area contributed by atoms with Crippen molar-refractivity contribution in [1.29, 1.82) is 0 Å². The number of pyridine rings is 2. The first kappa shape index (κ1) is 37.3.